The lowest BCUT2D eigenvalue weighted by atomic mass is 10.2. The number of halogens is 5. The van der Waals surface area contributed by atoms with Crippen LogP contribution in [0.2, 0.25) is 5.02 Å². The van der Waals surface area contributed by atoms with Crippen molar-refractivity contribution in [2.24, 2.45) is 0 Å². The van der Waals surface area contributed by atoms with E-state index in [0.717, 1.165) is 10.9 Å². The Balaban J connectivity index is 2.58. The van der Waals surface area contributed by atoms with Gasteiger partial charge in [-0.05, 0) is 24.3 Å². The molecule has 18 heavy (non-hydrogen) atoms. The Morgan fingerprint density at radius 2 is 1.78 bits per heavy atom. The van der Waals surface area contributed by atoms with E-state index in [1.165, 1.54) is 24.3 Å². The summed E-state index contributed by atoms with van der Waals surface area (Å²) in [6, 6.07) is 5.92. The van der Waals surface area contributed by atoms with Gasteiger partial charge in [0, 0.05) is 10.6 Å². The largest absolute Gasteiger partial charge is 0.433 e. The molecule has 0 atom stereocenters. The van der Waals surface area contributed by atoms with Crippen LogP contribution in [0.15, 0.2) is 30.5 Å². The van der Waals surface area contributed by atoms with E-state index < -0.39 is 11.9 Å². The van der Waals surface area contributed by atoms with Gasteiger partial charge in [-0.1, -0.05) is 11.6 Å². The van der Waals surface area contributed by atoms with Crippen LogP contribution in [0.4, 0.5) is 13.2 Å². The van der Waals surface area contributed by atoms with Crippen LogP contribution in [0.3, 0.4) is 0 Å². The third-order valence-corrected chi connectivity index (χ3v) is 2.87. The van der Waals surface area contributed by atoms with Crippen LogP contribution in [-0.2, 0) is 12.1 Å². The number of alkyl halides is 4. The van der Waals surface area contributed by atoms with Crippen LogP contribution >= 0.6 is 23.2 Å². The fraction of sp³-hybridized carbons (Fsp3) is 0.182. The molecular weight excluding hydrogens is 288 g/mol. The summed E-state index contributed by atoms with van der Waals surface area (Å²) in [6.45, 7) is 0. The highest BCUT2D eigenvalue weighted by Crippen LogP contribution is 2.34. The Bertz CT molecular complexity index is 546. The molecule has 2 aromatic rings. The molecule has 0 aliphatic carbocycles. The maximum Gasteiger partial charge on any atom is 0.433 e. The van der Waals surface area contributed by atoms with Crippen molar-refractivity contribution < 1.29 is 13.2 Å². The fourth-order valence-electron chi connectivity index (χ4n) is 1.56. The van der Waals surface area contributed by atoms with E-state index >= 15 is 0 Å². The van der Waals surface area contributed by atoms with Gasteiger partial charge < -0.3 is 0 Å². The zero-order chi connectivity index (χ0) is 13.3. The zero-order valence-corrected chi connectivity index (χ0v) is 10.4. The standard InChI is InChI=1S/C11H7Cl2F3N2/c12-5-7-6-17-18(10(7)11(14,15)16)9-3-1-8(13)2-4-9/h1-4,6H,5H2. The maximum atomic E-state index is 12.9. The monoisotopic (exact) mass is 294 g/mol. The lowest BCUT2D eigenvalue weighted by molar-refractivity contribution is -0.143. The summed E-state index contributed by atoms with van der Waals surface area (Å²) in [7, 11) is 0. The van der Waals surface area contributed by atoms with E-state index in [-0.39, 0.29) is 17.1 Å². The molecule has 0 fully saturated rings. The summed E-state index contributed by atoms with van der Waals surface area (Å²) in [6.07, 6.45) is -3.40. The average molecular weight is 295 g/mol. The van der Waals surface area contributed by atoms with E-state index in [4.69, 9.17) is 23.2 Å². The molecule has 0 unspecified atom stereocenters. The first kappa shape index (κ1) is 13.2. The average Bonchev–Trinajstić information content (AvgIpc) is 2.73. The van der Waals surface area contributed by atoms with E-state index in [1.807, 2.05) is 0 Å². The number of aromatic nitrogens is 2. The van der Waals surface area contributed by atoms with Gasteiger partial charge in [0.25, 0.3) is 0 Å². The minimum absolute atomic E-state index is 0.0564. The molecule has 0 amide bonds. The smallest absolute Gasteiger partial charge is 0.228 e. The predicted molar refractivity (Wildman–Crippen MR) is 63.1 cm³/mol. The van der Waals surface area contributed by atoms with Crippen LogP contribution in [0.5, 0.6) is 0 Å². The van der Waals surface area contributed by atoms with E-state index in [1.54, 1.807) is 0 Å². The Morgan fingerprint density at radius 1 is 1.17 bits per heavy atom. The first-order chi connectivity index (χ1) is 8.43. The first-order valence-corrected chi connectivity index (χ1v) is 5.80. The third-order valence-electron chi connectivity index (χ3n) is 2.33. The molecule has 1 aromatic carbocycles. The van der Waals surface area contributed by atoms with Crippen molar-refractivity contribution in [1.29, 1.82) is 0 Å². The van der Waals surface area contributed by atoms with Crippen molar-refractivity contribution in [1.82, 2.24) is 9.78 Å². The van der Waals surface area contributed by atoms with Crippen LogP contribution in [-0.4, -0.2) is 9.78 Å². The lowest BCUT2D eigenvalue weighted by Crippen LogP contribution is -2.15. The summed E-state index contributed by atoms with van der Waals surface area (Å²) >= 11 is 11.2. The molecule has 7 heteroatoms. The molecule has 0 aliphatic heterocycles. The molecule has 0 radical (unpaired) electrons. The Labute approximate surface area is 111 Å². The predicted octanol–water partition coefficient (Wildman–Crippen LogP) is 4.28. The molecule has 0 aliphatic rings. The van der Waals surface area contributed by atoms with Crippen LogP contribution < -0.4 is 0 Å². The molecule has 0 spiro atoms. The highest BCUT2D eigenvalue weighted by Gasteiger charge is 2.38. The van der Waals surface area contributed by atoms with Crippen molar-refractivity contribution >= 4 is 23.2 Å². The summed E-state index contributed by atoms with van der Waals surface area (Å²) in [5, 5.41) is 4.16. The molecule has 1 aromatic heterocycles. The van der Waals surface area contributed by atoms with Crippen LogP contribution in [0, 0.1) is 0 Å². The van der Waals surface area contributed by atoms with Gasteiger partial charge in [0.05, 0.1) is 17.8 Å². The molecule has 0 saturated heterocycles. The number of hydrogen-bond donors (Lipinski definition) is 0. The molecule has 0 N–H and O–H groups in total. The van der Waals surface area contributed by atoms with Gasteiger partial charge in [-0.25, -0.2) is 4.68 Å². The summed E-state index contributed by atoms with van der Waals surface area (Å²) < 4.78 is 39.7. The molecule has 0 bridgehead atoms. The number of nitrogens with zero attached hydrogens (tertiary/aromatic N) is 2. The lowest BCUT2D eigenvalue weighted by Gasteiger charge is -2.12. The van der Waals surface area contributed by atoms with E-state index in [0.29, 0.717) is 5.02 Å². The Hall–Kier alpha value is -1.20. The first-order valence-electron chi connectivity index (χ1n) is 4.89. The Kier molecular flexibility index (Phi) is 3.54. The number of rotatable bonds is 2. The van der Waals surface area contributed by atoms with Gasteiger partial charge in [-0.3, -0.25) is 0 Å². The summed E-state index contributed by atoms with van der Waals surface area (Å²) in [4.78, 5) is 0. The Morgan fingerprint density at radius 3 is 2.28 bits per heavy atom. The van der Waals surface area contributed by atoms with Crippen LogP contribution in [0.25, 0.3) is 5.69 Å². The van der Waals surface area contributed by atoms with E-state index in [2.05, 4.69) is 5.10 Å². The van der Waals surface area contributed by atoms with Gasteiger partial charge in [0.15, 0.2) is 5.69 Å². The number of hydrogen-bond acceptors (Lipinski definition) is 1. The highest BCUT2D eigenvalue weighted by molar-refractivity contribution is 6.30. The van der Waals surface area contributed by atoms with E-state index in [9.17, 15) is 13.2 Å². The van der Waals surface area contributed by atoms with Gasteiger partial charge in [-0.2, -0.15) is 18.3 Å². The molecule has 2 nitrogen and oxygen atoms in total. The second-order valence-electron chi connectivity index (χ2n) is 3.54. The maximum absolute atomic E-state index is 12.9. The minimum Gasteiger partial charge on any atom is -0.228 e. The van der Waals surface area contributed by atoms with Crippen LogP contribution in [0.1, 0.15) is 11.3 Å². The van der Waals surface area contributed by atoms with Gasteiger partial charge >= 0.3 is 6.18 Å². The second-order valence-corrected chi connectivity index (χ2v) is 4.24. The fourth-order valence-corrected chi connectivity index (χ4v) is 1.88. The molecular formula is C11H7Cl2F3N2. The molecule has 96 valence electrons. The minimum atomic E-state index is -4.51. The topological polar surface area (TPSA) is 17.8 Å². The third kappa shape index (κ3) is 2.47. The van der Waals surface area contributed by atoms with Crippen molar-refractivity contribution in [2.75, 3.05) is 0 Å². The number of benzene rings is 1. The van der Waals surface area contributed by atoms with Crippen molar-refractivity contribution in [3.05, 3.63) is 46.7 Å². The SMILES string of the molecule is FC(F)(F)c1c(CCl)cnn1-c1ccc(Cl)cc1. The molecule has 0 saturated carbocycles. The molecule has 1 heterocycles. The zero-order valence-electron chi connectivity index (χ0n) is 8.88. The van der Waals surface area contributed by atoms with Crippen molar-refractivity contribution in [3.8, 4) is 5.69 Å². The van der Waals surface area contributed by atoms with Gasteiger partial charge in [0.1, 0.15) is 0 Å². The summed E-state index contributed by atoms with van der Waals surface area (Å²) in [5.74, 6) is -0.248. The highest BCUT2D eigenvalue weighted by atomic mass is 35.5. The van der Waals surface area contributed by atoms with Gasteiger partial charge in [-0.15, -0.1) is 11.6 Å². The quantitative estimate of drug-likeness (QED) is 0.756. The van der Waals surface area contributed by atoms with Gasteiger partial charge in [0.2, 0.25) is 0 Å². The second kappa shape index (κ2) is 4.82. The molecule has 2 rings (SSSR count). The normalized spacial score (nSPS) is 11.8. The van der Waals surface area contributed by atoms with Crippen molar-refractivity contribution in [2.45, 2.75) is 12.1 Å². The summed E-state index contributed by atoms with van der Waals surface area (Å²) in [5.41, 5.74) is -0.637. The van der Waals surface area contributed by atoms with Crippen molar-refractivity contribution in [3.63, 3.8) is 0 Å².